The summed E-state index contributed by atoms with van der Waals surface area (Å²) in [4.78, 5) is 4.77. The molecule has 6 nitrogen and oxygen atoms in total. The summed E-state index contributed by atoms with van der Waals surface area (Å²) in [7, 11) is -2.95. The highest BCUT2D eigenvalue weighted by Gasteiger charge is 2.53. The maximum atomic E-state index is 11.5. The molecular formula is C20H41N3O3S. The molecule has 0 heterocycles. The maximum Gasteiger partial charge on any atom is 0.191 e. The van der Waals surface area contributed by atoms with Crippen LogP contribution in [0.4, 0.5) is 0 Å². The van der Waals surface area contributed by atoms with E-state index >= 15 is 0 Å². The molecule has 0 saturated heterocycles. The molecule has 0 aromatic heterocycles. The first-order valence-corrected chi connectivity index (χ1v) is 12.4. The van der Waals surface area contributed by atoms with Gasteiger partial charge in [0.1, 0.15) is 9.84 Å². The van der Waals surface area contributed by atoms with Crippen LogP contribution in [0.5, 0.6) is 0 Å². The molecule has 1 aliphatic rings. The highest BCUT2D eigenvalue weighted by atomic mass is 32.2. The molecule has 1 saturated carbocycles. The zero-order valence-electron chi connectivity index (χ0n) is 18.4. The van der Waals surface area contributed by atoms with E-state index in [1.54, 1.807) is 0 Å². The molecule has 2 N–H and O–H groups in total. The zero-order chi connectivity index (χ0) is 20.7. The number of guanidine groups is 1. The number of nitrogens with one attached hydrogen (secondary N) is 2. The van der Waals surface area contributed by atoms with Crippen molar-refractivity contribution in [2.75, 3.05) is 31.7 Å². The van der Waals surface area contributed by atoms with Crippen molar-refractivity contribution in [2.45, 2.75) is 79.4 Å². The Hall–Kier alpha value is -0.820. The van der Waals surface area contributed by atoms with Crippen LogP contribution in [0, 0.1) is 10.8 Å². The molecule has 2 unspecified atom stereocenters. The molecule has 0 spiro atoms. The van der Waals surface area contributed by atoms with Crippen molar-refractivity contribution in [2.24, 2.45) is 15.8 Å². The molecule has 0 aromatic carbocycles. The van der Waals surface area contributed by atoms with E-state index in [2.05, 4.69) is 52.2 Å². The van der Waals surface area contributed by atoms with Gasteiger partial charge in [0.25, 0.3) is 0 Å². The van der Waals surface area contributed by atoms with E-state index in [1.807, 2.05) is 0 Å². The third-order valence-electron chi connectivity index (χ3n) is 5.94. The van der Waals surface area contributed by atoms with E-state index < -0.39 is 9.84 Å². The topological polar surface area (TPSA) is 79.8 Å². The second-order valence-electron chi connectivity index (χ2n) is 8.56. The summed E-state index contributed by atoms with van der Waals surface area (Å²) >= 11 is 0. The largest absolute Gasteiger partial charge is 0.378 e. The van der Waals surface area contributed by atoms with E-state index in [4.69, 9.17) is 9.73 Å². The maximum absolute atomic E-state index is 11.5. The average molecular weight is 404 g/mol. The van der Waals surface area contributed by atoms with Gasteiger partial charge in [-0.2, -0.15) is 0 Å². The van der Waals surface area contributed by atoms with Crippen molar-refractivity contribution in [3.8, 4) is 0 Å². The fraction of sp³-hybridized carbons (Fsp3) is 0.950. The predicted molar refractivity (Wildman–Crippen MR) is 114 cm³/mol. The van der Waals surface area contributed by atoms with Crippen molar-refractivity contribution in [1.82, 2.24) is 10.6 Å². The van der Waals surface area contributed by atoms with Gasteiger partial charge < -0.3 is 15.4 Å². The first-order chi connectivity index (χ1) is 12.5. The third-order valence-corrected chi connectivity index (χ3v) is 6.89. The number of rotatable bonds is 11. The summed E-state index contributed by atoms with van der Waals surface area (Å²) < 4.78 is 28.9. The third kappa shape index (κ3) is 6.93. The fourth-order valence-electron chi connectivity index (χ4n) is 3.90. The van der Waals surface area contributed by atoms with Gasteiger partial charge in [0.15, 0.2) is 5.96 Å². The van der Waals surface area contributed by atoms with Crippen LogP contribution in [0.1, 0.15) is 67.2 Å². The SMILES string of the molecule is CCNC(=NCC(C)(C)CCS(C)(=O)=O)NC1CC(OCC)C1(CC)CC. The van der Waals surface area contributed by atoms with Crippen molar-refractivity contribution in [3.63, 3.8) is 0 Å². The Morgan fingerprint density at radius 1 is 1.22 bits per heavy atom. The summed E-state index contributed by atoms with van der Waals surface area (Å²) in [5.41, 5.74) is -0.0104. The Labute approximate surface area is 166 Å². The molecule has 160 valence electrons. The molecule has 2 atom stereocenters. The van der Waals surface area contributed by atoms with E-state index in [1.165, 1.54) is 6.26 Å². The van der Waals surface area contributed by atoms with Gasteiger partial charge in [-0.05, 0) is 44.9 Å². The van der Waals surface area contributed by atoms with Gasteiger partial charge in [-0.1, -0.05) is 27.7 Å². The van der Waals surface area contributed by atoms with Gasteiger partial charge in [-0.15, -0.1) is 0 Å². The Kier molecular flexibility index (Phi) is 9.06. The fourth-order valence-corrected chi connectivity index (χ4v) is 4.83. The number of nitrogens with zero attached hydrogens (tertiary/aromatic N) is 1. The summed E-state index contributed by atoms with van der Waals surface area (Å²) in [5, 5.41) is 6.96. The quantitative estimate of drug-likeness (QED) is 0.409. The zero-order valence-corrected chi connectivity index (χ0v) is 19.2. The number of sulfone groups is 1. The molecule has 1 rings (SSSR count). The number of ether oxygens (including phenoxy) is 1. The highest BCUT2D eigenvalue weighted by molar-refractivity contribution is 7.90. The van der Waals surface area contributed by atoms with Crippen LogP contribution in [0.25, 0.3) is 0 Å². The van der Waals surface area contributed by atoms with E-state index in [0.717, 1.165) is 38.4 Å². The van der Waals surface area contributed by atoms with Crippen LogP contribution in [0.2, 0.25) is 0 Å². The normalized spacial score (nSPS) is 23.0. The van der Waals surface area contributed by atoms with Crippen molar-refractivity contribution < 1.29 is 13.2 Å². The first kappa shape index (κ1) is 24.2. The Bertz CT molecular complexity index is 583. The molecule has 0 aliphatic heterocycles. The van der Waals surface area contributed by atoms with Crippen LogP contribution < -0.4 is 10.6 Å². The van der Waals surface area contributed by atoms with Gasteiger partial charge in [-0.25, -0.2) is 8.42 Å². The lowest BCUT2D eigenvalue weighted by atomic mass is 9.58. The lowest BCUT2D eigenvalue weighted by Gasteiger charge is -2.55. The average Bonchev–Trinajstić information content (AvgIpc) is 2.58. The smallest absolute Gasteiger partial charge is 0.191 e. The highest BCUT2D eigenvalue weighted by Crippen LogP contribution is 2.48. The number of hydrogen-bond donors (Lipinski definition) is 2. The molecule has 0 aromatic rings. The standard InChI is InChI=1S/C20H41N3O3S/c1-8-20(9-2)16(14-17(20)26-11-4)23-18(21-10-3)22-15-19(5,6)12-13-27(7,24)25/h16-17H,8-15H2,1-7H3,(H2,21,22,23). The monoisotopic (exact) mass is 403 g/mol. The van der Waals surface area contributed by atoms with Crippen LogP contribution >= 0.6 is 0 Å². The molecule has 0 radical (unpaired) electrons. The van der Waals surface area contributed by atoms with Crippen molar-refractivity contribution >= 4 is 15.8 Å². The number of aliphatic imine (C=N–C) groups is 1. The summed E-state index contributed by atoms with van der Waals surface area (Å²) in [6.45, 7) is 14.9. The molecule has 1 aliphatic carbocycles. The first-order valence-electron chi connectivity index (χ1n) is 10.4. The van der Waals surface area contributed by atoms with Crippen LogP contribution in [0.3, 0.4) is 0 Å². The van der Waals surface area contributed by atoms with Gasteiger partial charge in [0, 0.05) is 37.4 Å². The van der Waals surface area contributed by atoms with Crippen LogP contribution in [-0.4, -0.2) is 58.2 Å². The van der Waals surface area contributed by atoms with E-state index in [-0.39, 0.29) is 16.6 Å². The predicted octanol–water partition coefficient (Wildman–Crippen LogP) is 2.99. The number of hydrogen-bond acceptors (Lipinski definition) is 4. The van der Waals surface area contributed by atoms with E-state index in [0.29, 0.717) is 25.1 Å². The summed E-state index contributed by atoms with van der Waals surface area (Å²) in [6, 6.07) is 0.348. The minimum Gasteiger partial charge on any atom is -0.378 e. The lowest BCUT2D eigenvalue weighted by molar-refractivity contribution is -0.133. The van der Waals surface area contributed by atoms with Gasteiger partial charge >= 0.3 is 0 Å². The van der Waals surface area contributed by atoms with Gasteiger partial charge in [-0.3, -0.25) is 4.99 Å². The Morgan fingerprint density at radius 2 is 1.85 bits per heavy atom. The Balaban J connectivity index is 2.79. The summed E-state index contributed by atoms with van der Waals surface area (Å²) in [6.07, 6.45) is 5.36. The molecule has 0 bridgehead atoms. The van der Waals surface area contributed by atoms with Crippen molar-refractivity contribution in [1.29, 1.82) is 0 Å². The summed E-state index contributed by atoms with van der Waals surface area (Å²) in [5.74, 6) is 1.02. The minimum absolute atomic E-state index is 0.151. The molecule has 7 heteroatoms. The molecule has 27 heavy (non-hydrogen) atoms. The molecular weight excluding hydrogens is 362 g/mol. The van der Waals surface area contributed by atoms with Gasteiger partial charge in [0.2, 0.25) is 0 Å². The second kappa shape index (κ2) is 10.1. The van der Waals surface area contributed by atoms with Gasteiger partial charge in [0.05, 0.1) is 11.9 Å². The minimum atomic E-state index is -2.95. The molecule has 1 fully saturated rings. The van der Waals surface area contributed by atoms with Crippen molar-refractivity contribution in [3.05, 3.63) is 0 Å². The van der Waals surface area contributed by atoms with Crippen LogP contribution in [0.15, 0.2) is 4.99 Å². The second-order valence-corrected chi connectivity index (χ2v) is 10.8. The van der Waals surface area contributed by atoms with E-state index in [9.17, 15) is 8.42 Å². The Morgan fingerprint density at radius 3 is 2.33 bits per heavy atom. The lowest BCUT2D eigenvalue weighted by Crippen LogP contribution is -2.65. The van der Waals surface area contributed by atoms with Crippen LogP contribution in [-0.2, 0) is 14.6 Å². The molecule has 0 amide bonds.